The van der Waals surface area contributed by atoms with Crippen LogP contribution >= 0.6 is 0 Å². The van der Waals surface area contributed by atoms with E-state index in [0.717, 1.165) is 25.7 Å². The molecule has 2 fully saturated rings. The number of rotatable bonds is 2. The predicted molar refractivity (Wildman–Crippen MR) is 84.2 cm³/mol. The molecule has 8 heteroatoms. The Bertz CT molecular complexity index is 786. The number of hydrogen-bond donors (Lipinski definition) is 0. The van der Waals surface area contributed by atoms with E-state index in [1.165, 1.54) is 18.3 Å². The van der Waals surface area contributed by atoms with E-state index in [-0.39, 0.29) is 17.6 Å². The van der Waals surface area contributed by atoms with Crippen LogP contribution in [0.15, 0.2) is 22.9 Å². The Morgan fingerprint density at radius 3 is 2.84 bits per heavy atom. The standard InChI is InChI=1S/C17H19FN4O3/c1-11-20-15(25-21-11)13-2-4-17(24-13)5-8-22(9-6-17)16(23)12-3-7-19-14(18)10-12/h3,7,10,13H,2,4-6,8-9H2,1H3/t13-/m0/s1. The van der Waals surface area contributed by atoms with Crippen LogP contribution in [0.25, 0.3) is 0 Å². The first-order chi connectivity index (χ1) is 12.0. The van der Waals surface area contributed by atoms with Gasteiger partial charge in [-0.2, -0.15) is 9.37 Å². The van der Waals surface area contributed by atoms with E-state index >= 15 is 0 Å². The van der Waals surface area contributed by atoms with Crippen molar-refractivity contribution in [2.24, 2.45) is 0 Å². The minimum Gasteiger partial charge on any atom is -0.362 e. The number of carbonyl (C=O) groups is 1. The summed E-state index contributed by atoms with van der Waals surface area (Å²) in [5, 5.41) is 3.82. The second kappa shape index (κ2) is 6.18. The molecule has 2 saturated heterocycles. The third kappa shape index (κ3) is 3.13. The summed E-state index contributed by atoms with van der Waals surface area (Å²) < 4.78 is 24.7. The number of piperidine rings is 1. The minimum absolute atomic E-state index is 0.168. The molecular formula is C17H19FN4O3. The molecule has 1 atom stereocenters. The lowest BCUT2D eigenvalue weighted by molar-refractivity contribution is -0.0820. The van der Waals surface area contributed by atoms with Crippen molar-refractivity contribution in [1.82, 2.24) is 20.0 Å². The number of aryl methyl sites for hydroxylation is 1. The molecular weight excluding hydrogens is 327 g/mol. The third-order valence-electron chi connectivity index (χ3n) is 5.01. The van der Waals surface area contributed by atoms with Gasteiger partial charge in [0.2, 0.25) is 5.95 Å². The maximum atomic E-state index is 13.2. The zero-order valence-corrected chi connectivity index (χ0v) is 13.9. The van der Waals surface area contributed by atoms with Gasteiger partial charge in [-0.3, -0.25) is 4.79 Å². The van der Waals surface area contributed by atoms with Crippen molar-refractivity contribution >= 4 is 5.91 Å². The van der Waals surface area contributed by atoms with Crippen LogP contribution < -0.4 is 0 Å². The van der Waals surface area contributed by atoms with Gasteiger partial charge in [0.05, 0.1) is 5.60 Å². The molecule has 0 saturated carbocycles. The van der Waals surface area contributed by atoms with Gasteiger partial charge in [-0.15, -0.1) is 0 Å². The summed E-state index contributed by atoms with van der Waals surface area (Å²) in [6.45, 7) is 2.94. The number of hydrogen-bond acceptors (Lipinski definition) is 6. The van der Waals surface area contributed by atoms with Crippen LogP contribution in [0, 0.1) is 12.9 Å². The van der Waals surface area contributed by atoms with Gasteiger partial charge in [-0.1, -0.05) is 5.16 Å². The molecule has 0 aliphatic carbocycles. The number of halogens is 1. The lowest BCUT2D eigenvalue weighted by Crippen LogP contribution is -2.46. The quantitative estimate of drug-likeness (QED) is 0.777. The van der Waals surface area contributed by atoms with Crippen molar-refractivity contribution in [3.05, 3.63) is 41.6 Å². The summed E-state index contributed by atoms with van der Waals surface area (Å²) in [7, 11) is 0. The van der Waals surface area contributed by atoms with Gasteiger partial charge in [0.1, 0.15) is 6.10 Å². The second-order valence-electron chi connectivity index (χ2n) is 6.67. The molecule has 7 nitrogen and oxygen atoms in total. The van der Waals surface area contributed by atoms with Crippen LogP contribution in [-0.4, -0.2) is 44.6 Å². The largest absolute Gasteiger partial charge is 0.362 e. The van der Waals surface area contributed by atoms with Gasteiger partial charge in [0, 0.05) is 30.9 Å². The maximum absolute atomic E-state index is 13.2. The van der Waals surface area contributed by atoms with Crippen LogP contribution in [0.3, 0.4) is 0 Å². The molecule has 0 aromatic carbocycles. The second-order valence-corrected chi connectivity index (χ2v) is 6.67. The average molecular weight is 346 g/mol. The Morgan fingerprint density at radius 1 is 1.36 bits per heavy atom. The molecule has 132 valence electrons. The Balaban J connectivity index is 1.39. The minimum atomic E-state index is -0.642. The van der Waals surface area contributed by atoms with Crippen molar-refractivity contribution in [3.8, 4) is 0 Å². The molecule has 1 spiro atoms. The molecule has 4 rings (SSSR count). The number of carbonyl (C=O) groups excluding carboxylic acids is 1. The maximum Gasteiger partial charge on any atom is 0.255 e. The number of ether oxygens (including phenoxy) is 1. The van der Waals surface area contributed by atoms with Gasteiger partial charge < -0.3 is 14.2 Å². The molecule has 0 radical (unpaired) electrons. The van der Waals surface area contributed by atoms with E-state index in [1.807, 2.05) is 0 Å². The fourth-order valence-electron chi connectivity index (χ4n) is 3.63. The number of pyridine rings is 1. The number of likely N-dealkylation sites (tertiary alicyclic amines) is 1. The first-order valence-electron chi connectivity index (χ1n) is 8.44. The third-order valence-corrected chi connectivity index (χ3v) is 5.01. The lowest BCUT2D eigenvalue weighted by Gasteiger charge is -2.39. The first-order valence-corrected chi connectivity index (χ1v) is 8.44. The highest BCUT2D eigenvalue weighted by atomic mass is 19.1. The van der Waals surface area contributed by atoms with E-state index in [9.17, 15) is 9.18 Å². The van der Waals surface area contributed by atoms with Crippen LogP contribution in [-0.2, 0) is 4.74 Å². The van der Waals surface area contributed by atoms with E-state index in [4.69, 9.17) is 9.26 Å². The normalized spacial score (nSPS) is 22.5. The zero-order valence-electron chi connectivity index (χ0n) is 13.9. The molecule has 4 heterocycles. The van der Waals surface area contributed by atoms with Gasteiger partial charge >= 0.3 is 0 Å². The molecule has 2 aliphatic heterocycles. The molecule has 25 heavy (non-hydrogen) atoms. The molecule has 2 aromatic rings. The summed E-state index contributed by atoms with van der Waals surface area (Å²) in [6.07, 6.45) is 4.38. The molecule has 0 N–H and O–H groups in total. The monoisotopic (exact) mass is 346 g/mol. The highest BCUT2D eigenvalue weighted by molar-refractivity contribution is 5.94. The number of amides is 1. The van der Waals surface area contributed by atoms with E-state index in [0.29, 0.717) is 30.4 Å². The van der Waals surface area contributed by atoms with Gasteiger partial charge in [-0.05, 0) is 38.7 Å². The molecule has 0 unspecified atom stereocenters. The van der Waals surface area contributed by atoms with E-state index < -0.39 is 5.95 Å². The van der Waals surface area contributed by atoms with Gasteiger partial charge in [0.25, 0.3) is 11.8 Å². The van der Waals surface area contributed by atoms with Crippen LogP contribution in [0.5, 0.6) is 0 Å². The Kier molecular flexibility index (Phi) is 3.99. The Morgan fingerprint density at radius 2 is 2.16 bits per heavy atom. The molecule has 2 aliphatic rings. The summed E-state index contributed by atoms with van der Waals surface area (Å²) in [5.74, 6) is 0.319. The van der Waals surface area contributed by atoms with Crippen LogP contribution in [0.4, 0.5) is 4.39 Å². The van der Waals surface area contributed by atoms with Crippen LogP contribution in [0.2, 0.25) is 0 Å². The van der Waals surface area contributed by atoms with Crippen molar-refractivity contribution in [3.63, 3.8) is 0 Å². The predicted octanol–water partition coefficient (Wildman–Crippen LogP) is 2.44. The summed E-state index contributed by atoms with van der Waals surface area (Å²) in [5.41, 5.74) is 0.0860. The van der Waals surface area contributed by atoms with Crippen molar-refractivity contribution in [2.45, 2.75) is 44.3 Å². The topological polar surface area (TPSA) is 81.4 Å². The SMILES string of the molecule is Cc1noc([C@@H]2CCC3(CCN(C(=O)c4ccnc(F)c4)CC3)O2)n1. The Hall–Kier alpha value is -2.35. The molecule has 1 amide bonds. The highest BCUT2D eigenvalue weighted by Crippen LogP contribution is 2.44. The summed E-state index contributed by atoms with van der Waals surface area (Å²) >= 11 is 0. The fraction of sp³-hybridized carbons (Fsp3) is 0.529. The fourth-order valence-corrected chi connectivity index (χ4v) is 3.63. The lowest BCUT2D eigenvalue weighted by atomic mass is 9.88. The van der Waals surface area contributed by atoms with Crippen LogP contribution in [0.1, 0.15) is 53.9 Å². The Labute approximate surface area is 144 Å². The van der Waals surface area contributed by atoms with Crippen molar-refractivity contribution in [2.75, 3.05) is 13.1 Å². The highest BCUT2D eigenvalue weighted by Gasteiger charge is 2.45. The molecule has 0 bridgehead atoms. The summed E-state index contributed by atoms with van der Waals surface area (Å²) in [4.78, 5) is 22.0. The van der Waals surface area contributed by atoms with E-state index in [1.54, 1.807) is 11.8 Å². The number of aromatic nitrogens is 3. The smallest absolute Gasteiger partial charge is 0.255 e. The first kappa shape index (κ1) is 16.1. The zero-order chi connectivity index (χ0) is 17.4. The van der Waals surface area contributed by atoms with Gasteiger partial charge in [0.15, 0.2) is 5.82 Å². The van der Waals surface area contributed by atoms with Crippen molar-refractivity contribution in [1.29, 1.82) is 0 Å². The summed E-state index contributed by atoms with van der Waals surface area (Å²) in [6, 6.07) is 2.71. The van der Waals surface area contributed by atoms with Crippen molar-refractivity contribution < 1.29 is 18.4 Å². The van der Waals surface area contributed by atoms with Gasteiger partial charge in [-0.25, -0.2) is 4.98 Å². The average Bonchev–Trinajstić information content (AvgIpc) is 3.22. The number of nitrogens with zero attached hydrogens (tertiary/aromatic N) is 4. The van der Waals surface area contributed by atoms with E-state index in [2.05, 4.69) is 15.1 Å². The molecule has 2 aromatic heterocycles.